The number of nitrogens with zero attached hydrogens (tertiary/aromatic N) is 2. The van der Waals surface area contributed by atoms with Crippen LogP contribution in [0.15, 0.2) is 27.4 Å². The highest BCUT2D eigenvalue weighted by atomic mass is 79.9. The largest absolute Gasteiger partial charge is 0.365 e. The van der Waals surface area contributed by atoms with Crippen molar-refractivity contribution in [1.82, 2.24) is 9.61 Å². The molecule has 2 aromatic heterocycles. The second-order valence-electron chi connectivity index (χ2n) is 2.72. The van der Waals surface area contributed by atoms with Crippen molar-refractivity contribution in [2.45, 2.75) is 0 Å². The van der Waals surface area contributed by atoms with E-state index in [9.17, 15) is 4.79 Å². The molecule has 0 fully saturated rings. The predicted octanol–water partition coefficient (Wildman–Crippen LogP) is 1.96. The van der Waals surface area contributed by atoms with Crippen molar-refractivity contribution < 1.29 is 4.79 Å². The summed E-state index contributed by atoms with van der Waals surface area (Å²) in [6.07, 6.45) is 3.21. The molecule has 1 amide bonds. The lowest BCUT2D eigenvalue weighted by Crippen LogP contribution is -2.10. The molecular formula is C8H5Br2N3O. The fourth-order valence-electron chi connectivity index (χ4n) is 1.22. The summed E-state index contributed by atoms with van der Waals surface area (Å²) < 4.78 is 3.24. The molecule has 0 bridgehead atoms. The summed E-state index contributed by atoms with van der Waals surface area (Å²) in [6.45, 7) is 0. The van der Waals surface area contributed by atoms with Gasteiger partial charge in [0, 0.05) is 15.1 Å². The highest BCUT2D eigenvalue weighted by Crippen LogP contribution is 2.25. The van der Waals surface area contributed by atoms with Gasteiger partial charge in [0.25, 0.3) is 5.91 Å². The van der Waals surface area contributed by atoms with E-state index in [1.165, 1.54) is 6.20 Å². The SMILES string of the molecule is NC(=O)c1cnn2cc(Br)cc(Br)c12. The lowest BCUT2D eigenvalue weighted by Gasteiger charge is -1.99. The van der Waals surface area contributed by atoms with Gasteiger partial charge < -0.3 is 5.73 Å². The highest BCUT2D eigenvalue weighted by molar-refractivity contribution is 9.11. The smallest absolute Gasteiger partial charge is 0.252 e. The molecule has 0 aromatic carbocycles. The van der Waals surface area contributed by atoms with Gasteiger partial charge in [0.1, 0.15) is 0 Å². The summed E-state index contributed by atoms with van der Waals surface area (Å²) in [7, 11) is 0. The third-order valence-corrected chi connectivity index (χ3v) is 2.84. The maximum atomic E-state index is 11.0. The Bertz CT molecular complexity index is 521. The van der Waals surface area contributed by atoms with Crippen LogP contribution in [0.3, 0.4) is 0 Å². The maximum absolute atomic E-state index is 11.0. The number of hydrogen-bond donors (Lipinski definition) is 1. The number of amides is 1. The number of pyridine rings is 1. The summed E-state index contributed by atoms with van der Waals surface area (Å²) in [6, 6.07) is 1.84. The topological polar surface area (TPSA) is 60.4 Å². The fourth-order valence-corrected chi connectivity index (χ4v) is 2.59. The van der Waals surface area contributed by atoms with Gasteiger partial charge in [-0.05, 0) is 37.9 Å². The zero-order chi connectivity index (χ0) is 10.3. The monoisotopic (exact) mass is 317 g/mol. The Morgan fingerprint density at radius 2 is 2.21 bits per heavy atom. The first-order chi connectivity index (χ1) is 6.59. The molecule has 2 rings (SSSR count). The van der Waals surface area contributed by atoms with Gasteiger partial charge >= 0.3 is 0 Å². The van der Waals surface area contributed by atoms with E-state index < -0.39 is 5.91 Å². The van der Waals surface area contributed by atoms with Crippen LogP contribution in [0.4, 0.5) is 0 Å². The molecule has 0 saturated heterocycles. The first-order valence-corrected chi connectivity index (χ1v) is 5.30. The van der Waals surface area contributed by atoms with Crippen molar-refractivity contribution in [3.05, 3.63) is 33.0 Å². The van der Waals surface area contributed by atoms with E-state index in [1.807, 2.05) is 6.07 Å². The number of rotatable bonds is 1. The Kier molecular flexibility index (Phi) is 2.32. The standard InChI is InChI=1S/C8H5Br2N3O/c9-4-1-6(10)7-5(8(11)14)2-12-13(7)3-4/h1-3H,(H2,11,14). The molecule has 0 aliphatic rings. The van der Waals surface area contributed by atoms with Gasteiger partial charge in [0.05, 0.1) is 17.3 Å². The lowest BCUT2D eigenvalue weighted by atomic mass is 10.2. The van der Waals surface area contributed by atoms with Gasteiger partial charge in [0.15, 0.2) is 0 Å². The van der Waals surface area contributed by atoms with E-state index >= 15 is 0 Å². The van der Waals surface area contributed by atoms with Crippen molar-refractivity contribution >= 4 is 43.3 Å². The van der Waals surface area contributed by atoms with E-state index in [2.05, 4.69) is 37.0 Å². The number of carbonyl (C=O) groups excluding carboxylic acids is 1. The van der Waals surface area contributed by atoms with Gasteiger partial charge in [-0.25, -0.2) is 4.52 Å². The molecule has 14 heavy (non-hydrogen) atoms. The molecule has 0 aliphatic heterocycles. The molecule has 0 radical (unpaired) electrons. The number of nitrogens with two attached hydrogens (primary N) is 1. The minimum absolute atomic E-state index is 0.407. The van der Waals surface area contributed by atoms with Gasteiger partial charge in [-0.2, -0.15) is 5.10 Å². The molecular weight excluding hydrogens is 314 g/mol. The zero-order valence-corrected chi connectivity index (χ0v) is 10.0. The summed E-state index contributed by atoms with van der Waals surface area (Å²) in [5, 5.41) is 4.02. The molecule has 2 aromatic rings. The third kappa shape index (κ3) is 1.44. The number of aromatic nitrogens is 2. The predicted molar refractivity (Wildman–Crippen MR) is 59.1 cm³/mol. The molecule has 0 atom stereocenters. The summed E-state index contributed by atoms with van der Waals surface area (Å²) in [4.78, 5) is 11.0. The molecule has 0 saturated carbocycles. The summed E-state index contributed by atoms with van der Waals surface area (Å²) in [5.74, 6) is -0.483. The van der Waals surface area contributed by atoms with Crippen LogP contribution < -0.4 is 5.73 Å². The Balaban J connectivity index is 2.85. The maximum Gasteiger partial charge on any atom is 0.252 e. The van der Waals surface area contributed by atoms with E-state index in [1.54, 1.807) is 10.7 Å². The van der Waals surface area contributed by atoms with Crippen molar-refractivity contribution in [2.75, 3.05) is 0 Å². The van der Waals surface area contributed by atoms with Crippen LogP contribution >= 0.6 is 31.9 Å². The fraction of sp³-hybridized carbons (Fsp3) is 0. The second-order valence-corrected chi connectivity index (χ2v) is 4.49. The highest BCUT2D eigenvalue weighted by Gasteiger charge is 2.12. The Morgan fingerprint density at radius 1 is 1.50 bits per heavy atom. The summed E-state index contributed by atoms with van der Waals surface area (Å²) in [5.41, 5.74) is 6.29. The normalized spacial score (nSPS) is 10.7. The number of hydrogen-bond acceptors (Lipinski definition) is 2. The van der Waals surface area contributed by atoms with Crippen LogP contribution in [0, 0.1) is 0 Å². The van der Waals surface area contributed by atoms with Crippen molar-refractivity contribution in [3.8, 4) is 0 Å². The number of halogens is 2. The molecule has 0 aliphatic carbocycles. The third-order valence-electron chi connectivity index (χ3n) is 1.80. The zero-order valence-electron chi connectivity index (χ0n) is 6.87. The average molecular weight is 319 g/mol. The molecule has 4 nitrogen and oxygen atoms in total. The number of carbonyl (C=O) groups is 1. The van der Waals surface area contributed by atoms with E-state index in [4.69, 9.17) is 5.73 Å². The minimum Gasteiger partial charge on any atom is -0.365 e. The van der Waals surface area contributed by atoms with E-state index in [-0.39, 0.29) is 0 Å². The number of fused-ring (bicyclic) bond motifs is 1. The van der Waals surface area contributed by atoms with Crippen LogP contribution in [-0.2, 0) is 0 Å². The van der Waals surface area contributed by atoms with Gasteiger partial charge in [-0.15, -0.1) is 0 Å². The van der Waals surface area contributed by atoms with Crippen molar-refractivity contribution in [1.29, 1.82) is 0 Å². The second kappa shape index (κ2) is 3.36. The quantitative estimate of drug-likeness (QED) is 0.873. The van der Waals surface area contributed by atoms with Crippen molar-refractivity contribution in [3.63, 3.8) is 0 Å². The lowest BCUT2D eigenvalue weighted by molar-refractivity contribution is 0.100. The molecule has 6 heteroatoms. The number of primary amides is 1. The first-order valence-electron chi connectivity index (χ1n) is 3.72. The van der Waals surface area contributed by atoms with Gasteiger partial charge in [0.2, 0.25) is 0 Å². The molecule has 0 spiro atoms. The average Bonchev–Trinajstić information content (AvgIpc) is 2.47. The Labute approximate surface area is 96.3 Å². The molecule has 0 unspecified atom stereocenters. The molecule has 2 heterocycles. The Hall–Kier alpha value is -0.880. The van der Waals surface area contributed by atoms with Crippen LogP contribution in [0.1, 0.15) is 10.4 Å². The van der Waals surface area contributed by atoms with Crippen LogP contribution in [0.5, 0.6) is 0 Å². The van der Waals surface area contributed by atoms with Crippen LogP contribution in [-0.4, -0.2) is 15.5 Å². The minimum atomic E-state index is -0.483. The first kappa shape index (κ1) is 9.67. The van der Waals surface area contributed by atoms with Crippen LogP contribution in [0.25, 0.3) is 5.52 Å². The Morgan fingerprint density at radius 3 is 2.86 bits per heavy atom. The molecule has 72 valence electrons. The van der Waals surface area contributed by atoms with Crippen molar-refractivity contribution in [2.24, 2.45) is 5.73 Å². The summed E-state index contributed by atoms with van der Waals surface area (Å²) >= 11 is 6.67. The van der Waals surface area contributed by atoms with E-state index in [0.29, 0.717) is 11.1 Å². The van der Waals surface area contributed by atoms with E-state index in [0.717, 1.165) is 8.95 Å². The van der Waals surface area contributed by atoms with Crippen LogP contribution in [0.2, 0.25) is 0 Å². The molecule has 2 N–H and O–H groups in total. The van der Waals surface area contributed by atoms with Gasteiger partial charge in [-0.3, -0.25) is 4.79 Å². The van der Waals surface area contributed by atoms with Gasteiger partial charge in [-0.1, -0.05) is 0 Å².